The molecule has 0 amide bonds. The quantitative estimate of drug-likeness (QED) is 0.536. The van der Waals surface area contributed by atoms with Gasteiger partial charge in [0.1, 0.15) is 5.76 Å². The Labute approximate surface area is 125 Å². The number of carbonyl (C=O) groups is 1. The Kier molecular flexibility index (Phi) is 6.86. The van der Waals surface area contributed by atoms with Crippen LogP contribution in [0.1, 0.15) is 29.7 Å². The van der Waals surface area contributed by atoms with Crippen LogP contribution in [0.2, 0.25) is 0 Å². The fourth-order valence-electron chi connectivity index (χ4n) is 1.83. The molecule has 0 aromatic carbocycles. The van der Waals surface area contributed by atoms with E-state index in [1.165, 1.54) is 17.7 Å². The summed E-state index contributed by atoms with van der Waals surface area (Å²) >= 11 is 0. The predicted molar refractivity (Wildman–Crippen MR) is 78.5 cm³/mol. The summed E-state index contributed by atoms with van der Waals surface area (Å²) in [7, 11) is -1.83. The first kappa shape index (κ1) is 17.7. The topological polar surface area (TPSA) is 88.8 Å². The van der Waals surface area contributed by atoms with E-state index in [1.807, 2.05) is 6.92 Å². The van der Waals surface area contributed by atoms with Gasteiger partial charge in [-0.15, -0.1) is 0 Å². The Balaban J connectivity index is 2.28. The Morgan fingerprint density at radius 2 is 2.14 bits per heavy atom. The predicted octanol–water partition coefficient (Wildman–Crippen LogP) is 0.827. The Bertz CT molecular complexity index is 553. The number of sulfonamides is 1. The molecule has 1 N–H and O–H groups in total. The SMILES string of the molecule is CCN(CCCNCc1ccc(C(=O)OC)o1)S(C)(=O)=O. The lowest BCUT2D eigenvalue weighted by atomic mass is 10.4. The molecule has 21 heavy (non-hydrogen) atoms. The Hall–Kier alpha value is -1.38. The summed E-state index contributed by atoms with van der Waals surface area (Å²) in [4.78, 5) is 11.2. The second-order valence-corrected chi connectivity index (χ2v) is 6.52. The van der Waals surface area contributed by atoms with Crippen molar-refractivity contribution in [1.82, 2.24) is 9.62 Å². The van der Waals surface area contributed by atoms with Crippen LogP contribution in [-0.4, -0.2) is 51.7 Å². The van der Waals surface area contributed by atoms with Crippen LogP contribution in [0.15, 0.2) is 16.5 Å². The third-order valence-corrected chi connectivity index (χ3v) is 4.31. The second-order valence-electron chi connectivity index (χ2n) is 4.54. The molecule has 0 aliphatic carbocycles. The molecule has 0 radical (unpaired) electrons. The van der Waals surface area contributed by atoms with Gasteiger partial charge in [-0.1, -0.05) is 6.92 Å². The van der Waals surface area contributed by atoms with Gasteiger partial charge in [-0.25, -0.2) is 17.5 Å². The van der Waals surface area contributed by atoms with Crippen LogP contribution >= 0.6 is 0 Å². The molecule has 120 valence electrons. The van der Waals surface area contributed by atoms with Crippen molar-refractivity contribution in [2.45, 2.75) is 19.9 Å². The molecule has 0 aliphatic heterocycles. The van der Waals surface area contributed by atoms with Crippen LogP contribution < -0.4 is 5.32 Å². The van der Waals surface area contributed by atoms with Crippen LogP contribution in [0, 0.1) is 0 Å². The molecule has 8 heteroatoms. The van der Waals surface area contributed by atoms with Crippen LogP contribution in [0.4, 0.5) is 0 Å². The standard InChI is InChI=1S/C13H22N2O5S/c1-4-15(21(3,17)18)9-5-8-14-10-11-6-7-12(20-11)13(16)19-2/h6-7,14H,4-5,8-10H2,1-3H3. The molecule has 0 bridgehead atoms. The van der Waals surface area contributed by atoms with Crippen LogP contribution in [-0.2, 0) is 21.3 Å². The van der Waals surface area contributed by atoms with Gasteiger partial charge in [-0.05, 0) is 25.1 Å². The molecule has 0 fully saturated rings. The molecule has 0 spiro atoms. The zero-order chi connectivity index (χ0) is 15.9. The average molecular weight is 318 g/mol. The zero-order valence-corrected chi connectivity index (χ0v) is 13.4. The van der Waals surface area contributed by atoms with E-state index in [9.17, 15) is 13.2 Å². The van der Waals surface area contributed by atoms with Gasteiger partial charge in [0.15, 0.2) is 0 Å². The molecule has 1 aromatic heterocycles. The van der Waals surface area contributed by atoms with Crippen LogP contribution in [0.25, 0.3) is 0 Å². The fraction of sp³-hybridized carbons (Fsp3) is 0.615. The minimum atomic E-state index is -3.13. The molecule has 0 unspecified atom stereocenters. The number of nitrogens with one attached hydrogen (secondary N) is 1. The van der Waals surface area contributed by atoms with Gasteiger partial charge >= 0.3 is 5.97 Å². The van der Waals surface area contributed by atoms with Gasteiger partial charge in [0, 0.05) is 13.1 Å². The monoisotopic (exact) mass is 318 g/mol. The number of esters is 1. The summed E-state index contributed by atoms with van der Waals surface area (Å²) in [5.41, 5.74) is 0. The summed E-state index contributed by atoms with van der Waals surface area (Å²) in [5, 5.41) is 3.14. The van der Waals surface area contributed by atoms with Crippen LogP contribution in [0.3, 0.4) is 0 Å². The normalized spacial score (nSPS) is 11.8. The number of furan rings is 1. The number of hydrogen-bond acceptors (Lipinski definition) is 6. The van der Waals surface area contributed by atoms with Gasteiger partial charge < -0.3 is 14.5 Å². The van der Waals surface area contributed by atoms with Crippen molar-refractivity contribution in [3.05, 3.63) is 23.7 Å². The molecule has 1 aromatic rings. The third-order valence-electron chi connectivity index (χ3n) is 2.93. The van der Waals surface area contributed by atoms with Crippen molar-refractivity contribution in [2.24, 2.45) is 0 Å². The van der Waals surface area contributed by atoms with Crippen molar-refractivity contribution in [1.29, 1.82) is 0 Å². The number of ether oxygens (including phenoxy) is 1. The molecule has 0 aliphatic rings. The molecular weight excluding hydrogens is 296 g/mol. The molecule has 1 rings (SSSR count). The highest BCUT2D eigenvalue weighted by Crippen LogP contribution is 2.08. The first-order chi connectivity index (χ1) is 9.88. The Morgan fingerprint density at radius 1 is 1.43 bits per heavy atom. The van der Waals surface area contributed by atoms with E-state index in [2.05, 4.69) is 10.1 Å². The van der Waals surface area contributed by atoms with E-state index in [1.54, 1.807) is 12.1 Å². The smallest absolute Gasteiger partial charge is 0.373 e. The number of carbonyl (C=O) groups excluding carboxylic acids is 1. The van der Waals surface area contributed by atoms with Gasteiger partial charge in [-0.2, -0.15) is 0 Å². The van der Waals surface area contributed by atoms with E-state index in [4.69, 9.17) is 4.42 Å². The minimum absolute atomic E-state index is 0.170. The first-order valence-corrected chi connectivity index (χ1v) is 8.56. The summed E-state index contributed by atoms with van der Waals surface area (Å²) in [6, 6.07) is 3.26. The van der Waals surface area contributed by atoms with Gasteiger partial charge in [0.2, 0.25) is 15.8 Å². The maximum atomic E-state index is 11.4. The van der Waals surface area contributed by atoms with Crippen LogP contribution in [0.5, 0.6) is 0 Å². The minimum Gasteiger partial charge on any atom is -0.463 e. The molecule has 0 saturated carbocycles. The first-order valence-electron chi connectivity index (χ1n) is 6.71. The fourth-order valence-corrected chi connectivity index (χ4v) is 2.76. The summed E-state index contributed by atoms with van der Waals surface area (Å²) < 4.78 is 34.1. The lowest BCUT2D eigenvalue weighted by Gasteiger charge is -2.17. The highest BCUT2D eigenvalue weighted by atomic mass is 32.2. The average Bonchev–Trinajstić information content (AvgIpc) is 2.89. The molecule has 0 atom stereocenters. The number of hydrogen-bond donors (Lipinski definition) is 1. The molecular formula is C13H22N2O5S. The van der Waals surface area contributed by atoms with Gasteiger partial charge in [0.05, 0.1) is 19.9 Å². The van der Waals surface area contributed by atoms with Crippen molar-refractivity contribution < 1.29 is 22.4 Å². The number of nitrogens with zero attached hydrogens (tertiary/aromatic N) is 1. The van der Waals surface area contributed by atoms with E-state index >= 15 is 0 Å². The van der Waals surface area contributed by atoms with E-state index < -0.39 is 16.0 Å². The number of rotatable bonds is 9. The summed E-state index contributed by atoms with van der Waals surface area (Å²) in [5.74, 6) is 0.294. The van der Waals surface area contributed by atoms with Gasteiger partial charge in [-0.3, -0.25) is 0 Å². The Morgan fingerprint density at radius 3 is 2.71 bits per heavy atom. The highest BCUT2D eigenvalue weighted by molar-refractivity contribution is 7.88. The van der Waals surface area contributed by atoms with E-state index in [-0.39, 0.29) is 5.76 Å². The van der Waals surface area contributed by atoms with Gasteiger partial charge in [0.25, 0.3) is 0 Å². The summed E-state index contributed by atoms with van der Waals surface area (Å²) in [6.45, 7) is 3.89. The largest absolute Gasteiger partial charge is 0.463 e. The van der Waals surface area contributed by atoms with Crippen molar-refractivity contribution in [3.63, 3.8) is 0 Å². The highest BCUT2D eigenvalue weighted by Gasteiger charge is 2.13. The zero-order valence-electron chi connectivity index (χ0n) is 12.6. The number of methoxy groups -OCH3 is 1. The van der Waals surface area contributed by atoms with Crippen molar-refractivity contribution >= 4 is 16.0 Å². The second kappa shape index (κ2) is 8.16. The lowest BCUT2D eigenvalue weighted by molar-refractivity contribution is 0.0563. The summed E-state index contributed by atoms with van der Waals surface area (Å²) in [6.07, 6.45) is 1.91. The molecule has 7 nitrogen and oxygen atoms in total. The van der Waals surface area contributed by atoms with E-state index in [0.717, 1.165) is 0 Å². The lowest BCUT2D eigenvalue weighted by Crippen LogP contribution is -2.32. The third kappa shape index (κ3) is 5.86. The van der Waals surface area contributed by atoms with Crippen molar-refractivity contribution in [2.75, 3.05) is 33.0 Å². The molecule has 0 saturated heterocycles. The van der Waals surface area contributed by atoms with Crippen molar-refractivity contribution in [3.8, 4) is 0 Å². The maximum absolute atomic E-state index is 11.4. The maximum Gasteiger partial charge on any atom is 0.373 e. The van der Waals surface area contributed by atoms with E-state index in [0.29, 0.717) is 38.4 Å². The molecule has 1 heterocycles.